The van der Waals surface area contributed by atoms with E-state index in [-0.39, 0.29) is 11.8 Å². The second-order valence-electron chi connectivity index (χ2n) is 7.58. The Bertz CT molecular complexity index is 738. The first-order valence-corrected chi connectivity index (χ1v) is 9.15. The number of carbonyl (C=O) groups excluding carboxylic acids is 1. The lowest BCUT2D eigenvalue weighted by Gasteiger charge is -2.39. The van der Waals surface area contributed by atoms with E-state index in [4.69, 9.17) is 0 Å². The molecule has 0 aromatic heterocycles. The number of amides is 1. The van der Waals surface area contributed by atoms with Crippen molar-refractivity contribution in [3.8, 4) is 0 Å². The summed E-state index contributed by atoms with van der Waals surface area (Å²) in [7, 11) is 0. The van der Waals surface area contributed by atoms with Crippen LogP contribution in [0.5, 0.6) is 0 Å². The summed E-state index contributed by atoms with van der Waals surface area (Å²) in [6, 6.07) is 14.8. The number of benzene rings is 2. The molecular formula is C21H26N2O. The highest BCUT2D eigenvalue weighted by Crippen LogP contribution is 2.37. The molecular weight excluding hydrogens is 296 g/mol. The molecule has 1 atom stereocenters. The molecule has 0 aliphatic carbocycles. The van der Waals surface area contributed by atoms with E-state index in [9.17, 15) is 4.79 Å². The van der Waals surface area contributed by atoms with Gasteiger partial charge < -0.3 is 10.2 Å². The lowest BCUT2D eigenvalue weighted by Crippen LogP contribution is -2.45. The molecule has 126 valence electrons. The van der Waals surface area contributed by atoms with E-state index < -0.39 is 0 Å². The predicted molar refractivity (Wildman–Crippen MR) is 98.1 cm³/mol. The molecule has 2 aromatic rings. The number of hydrogen-bond donors (Lipinski definition) is 1. The van der Waals surface area contributed by atoms with Gasteiger partial charge in [0, 0.05) is 19.6 Å². The molecule has 2 aliphatic heterocycles. The van der Waals surface area contributed by atoms with Crippen molar-refractivity contribution in [1.29, 1.82) is 0 Å². The summed E-state index contributed by atoms with van der Waals surface area (Å²) in [5, 5.41) is 5.93. The summed E-state index contributed by atoms with van der Waals surface area (Å²) < 4.78 is 0. The molecule has 2 heterocycles. The second kappa shape index (κ2) is 6.21. The molecule has 2 fully saturated rings. The van der Waals surface area contributed by atoms with Gasteiger partial charge in [-0.05, 0) is 54.5 Å². The number of hydrogen-bond acceptors (Lipinski definition) is 2. The average Bonchev–Trinajstić information content (AvgIpc) is 3.09. The van der Waals surface area contributed by atoms with E-state index in [0.717, 1.165) is 44.6 Å². The summed E-state index contributed by atoms with van der Waals surface area (Å²) in [6.45, 7) is 6.15. The Morgan fingerprint density at radius 2 is 1.83 bits per heavy atom. The lowest BCUT2D eigenvalue weighted by molar-refractivity contribution is -0.134. The van der Waals surface area contributed by atoms with E-state index in [1.54, 1.807) is 0 Å². The first-order valence-electron chi connectivity index (χ1n) is 9.15. The van der Waals surface area contributed by atoms with Crippen LogP contribution in [0.25, 0.3) is 10.8 Å². The maximum Gasteiger partial charge on any atom is 0.229 e. The van der Waals surface area contributed by atoms with Gasteiger partial charge in [-0.2, -0.15) is 0 Å². The van der Waals surface area contributed by atoms with Crippen LogP contribution in [0.1, 0.15) is 37.7 Å². The van der Waals surface area contributed by atoms with E-state index in [1.165, 1.54) is 17.2 Å². The largest absolute Gasteiger partial charge is 0.342 e. The molecule has 0 radical (unpaired) electrons. The summed E-state index contributed by atoms with van der Waals surface area (Å²) in [4.78, 5) is 15.0. The standard InChI is InChI=1S/C21H26N2O/c1-16(18-7-6-17-4-2-3-5-19(17)14-18)20(24)23-12-9-21(10-13-23)8-11-22-15-21/h2-7,14,16,22H,8-13,15H2,1H3. The third-order valence-corrected chi connectivity index (χ3v) is 6.11. The fourth-order valence-electron chi connectivity index (χ4n) is 4.32. The minimum Gasteiger partial charge on any atom is -0.342 e. The number of carbonyl (C=O) groups is 1. The van der Waals surface area contributed by atoms with Gasteiger partial charge in [-0.1, -0.05) is 42.5 Å². The van der Waals surface area contributed by atoms with Gasteiger partial charge in [0.15, 0.2) is 0 Å². The maximum absolute atomic E-state index is 12.9. The number of nitrogens with one attached hydrogen (secondary N) is 1. The molecule has 2 saturated heterocycles. The van der Waals surface area contributed by atoms with Gasteiger partial charge in [0.05, 0.1) is 5.92 Å². The van der Waals surface area contributed by atoms with Gasteiger partial charge in [0.2, 0.25) is 5.91 Å². The Labute approximate surface area is 144 Å². The fraction of sp³-hybridized carbons (Fsp3) is 0.476. The molecule has 1 N–H and O–H groups in total. The predicted octanol–water partition coefficient (Wildman–Crippen LogP) is 3.55. The molecule has 24 heavy (non-hydrogen) atoms. The van der Waals surface area contributed by atoms with Crippen LogP contribution in [0.3, 0.4) is 0 Å². The van der Waals surface area contributed by atoms with Gasteiger partial charge in [-0.25, -0.2) is 0 Å². The minimum absolute atomic E-state index is 0.0645. The monoisotopic (exact) mass is 322 g/mol. The van der Waals surface area contributed by atoms with Crippen LogP contribution in [0.15, 0.2) is 42.5 Å². The van der Waals surface area contributed by atoms with Gasteiger partial charge in [0.1, 0.15) is 0 Å². The summed E-state index contributed by atoms with van der Waals surface area (Å²) >= 11 is 0. The first-order chi connectivity index (χ1) is 11.7. The molecule has 0 bridgehead atoms. The second-order valence-corrected chi connectivity index (χ2v) is 7.58. The first kappa shape index (κ1) is 15.6. The molecule has 3 nitrogen and oxygen atoms in total. The number of likely N-dealkylation sites (tertiary alicyclic amines) is 1. The van der Waals surface area contributed by atoms with E-state index in [0.29, 0.717) is 5.41 Å². The molecule has 4 rings (SSSR count). The fourth-order valence-corrected chi connectivity index (χ4v) is 4.32. The lowest BCUT2D eigenvalue weighted by atomic mass is 9.77. The van der Waals surface area contributed by atoms with Crippen LogP contribution in [-0.2, 0) is 4.79 Å². The number of nitrogens with zero attached hydrogens (tertiary/aromatic N) is 1. The van der Waals surface area contributed by atoms with Crippen molar-refractivity contribution in [3.63, 3.8) is 0 Å². The zero-order valence-electron chi connectivity index (χ0n) is 14.4. The zero-order valence-corrected chi connectivity index (χ0v) is 14.4. The maximum atomic E-state index is 12.9. The van der Waals surface area contributed by atoms with Crippen molar-refractivity contribution >= 4 is 16.7 Å². The third-order valence-electron chi connectivity index (χ3n) is 6.11. The third kappa shape index (κ3) is 2.82. The van der Waals surface area contributed by atoms with Crippen molar-refractivity contribution < 1.29 is 4.79 Å². The van der Waals surface area contributed by atoms with E-state index in [1.807, 2.05) is 6.92 Å². The highest BCUT2D eigenvalue weighted by molar-refractivity contribution is 5.87. The van der Waals surface area contributed by atoms with Gasteiger partial charge in [-0.15, -0.1) is 0 Å². The van der Waals surface area contributed by atoms with Crippen LogP contribution in [0.2, 0.25) is 0 Å². The Hall–Kier alpha value is -1.87. The number of fused-ring (bicyclic) bond motifs is 1. The topological polar surface area (TPSA) is 32.3 Å². The molecule has 1 spiro atoms. The molecule has 0 saturated carbocycles. The zero-order chi connectivity index (χ0) is 16.6. The number of piperidine rings is 1. The van der Waals surface area contributed by atoms with Crippen molar-refractivity contribution in [3.05, 3.63) is 48.0 Å². The smallest absolute Gasteiger partial charge is 0.229 e. The SMILES string of the molecule is CC(C(=O)N1CCC2(CCNC2)CC1)c1ccc2ccccc2c1. The highest BCUT2D eigenvalue weighted by atomic mass is 16.2. The van der Waals surface area contributed by atoms with Crippen LogP contribution in [-0.4, -0.2) is 37.0 Å². The van der Waals surface area contributed by atoms with Crippen LogP contribution in [0.4, 0.5) is 0 Å². The van der Waals surface area contributed by atoms with E-state index in [2.05, 4.69) is 52.7 Å². The Balaban J connectivity index is 1.47. The van der Waals surface area contributed by atoms with Crippen molar-refractivity contribution in [2.45, 2.75) is 32.1 Å². The van der Waals surface area contributed by atoms with Crippen LogP contribution < -0.4 is 5.32 Å². The molecule has 1 amide bonds. The Kier molecular flexibility index (Phi) is 4.05. The highest BCUT2D eigenvalue weighted by Gasteiger charge is 2.38. The molecule has 2 aliphatic rings. The summed E-state index contributed by atoms with van der Waals surface area (Å²) in [6.07, 6.45) is 3.57. The summed E-state index contributed by atoms with van der Waals surface area (Å²) in [5.41, 5.74) is 1.59. The molecule has 2 aromatic carbocycles. The van der Waals surface area contributed by atoms with Gasteiger partial charge >= 0.3 is 0 Å². The van der Waals surface area contributed by atoms with Crippen molar-refractivity contribution in [2.75, 3.05) is 26.2 Å². The van der Waals surface area contributed by atoms with Gasteiger partial charge in [0.25, 0.3) is 0 Å². The summed E-state index contributed by atoms with van der Waals surface area (Å²) in [5.74, 6) is 0.219. The molecule has 3 heteroatoms. The quantitative estimate of drug-likeness (QED) is 0.917. The van der Waals surface area contributed by atoms with E-state index >= 15 is 0 Å². The number of rotatable bonds is 2. The van der Waals surface area contributed by atoms with Crippen molar-refractivity contribution in [1.82, 2.24) is 10.2 Å². The minimum atomic E-state index is -0.0645. The average molecular weight is 322 g/mol. The van der Waals surface area contributed by atoms with Crippen LogP contribution >= 0.6 is 0 Å². The van der Waals surface area contributed by atoms with Gasteiger partial charge in [-0.3, -0.25) is 4.79 Å². The normalized spacial score (nSPS) is 21.3. The molecule has 1 unspecified atom stereocenters. The van der Waals surface area contributed by atoms with Crippen LogP contribution in [0, 0.1) is 5.41 Å². The van der Waals surface area contributed by atoms with Crippen molar-refractivity contribution in [2.24, 2.45) is 5.41 Å². The Morgan fingerprint density at radius 1 is 1.08 bits per heavy atom. The Morgan fingerprint density at radius 3 is 2.54 bits per heavy atom.